The standard InChI is InChI=1S/C20H30FN3O2.HI/c1-6-22-19(24-17-14-9-10-26-18(14)20(17,3)4)23-12(2)13-7-8-16(25-5)15(21)11-13;/h7-8,11-12,14,17-18H,6,9-10H2,1-5H3,(H2,22,23,24);1H. The Morgan fingerprint density at radius 2 is 2.19 bits per heavy atom. The van der Waals surface area contributed by atoms with Crippen LogP contribution in [0.15, 0.2) is 23.2 Å². The number of rotatable bonds is 5. The molecule has 0 spiro atoms. The summed E-state index contributed by atoms with van der Waals surface area (Å²) in [4.78, 5) is 4.58. The number of nitrogens with zero attached hydrogens (tertiary/aromatic N) is 1. The maximum absolute atomic E-state index is 14.0. The molecule has 7 heteroatoms. The quantitative estimate of drug-likeness (QED) is 0.373. The van der Waals surface area contributed by atoms with Crippen molar-refractivity contribution in [3.05, 3.63) is 29.6 Å². The molecule has 1 saturated carbocycles. The Morgan fingerprint density at radius 1 is 1.44 bits per heavy atom. The summed E-state index contributed by atoms with van der Waals surface area (Å²) >= 11 is 0. The normalized spacial score (nSPS) is 27.0. The van der Waals surface area contributed by atoms with Crippen LogP contribution in [-0.2, 0) is 4.74 Å². The van der Waals surface area contributed by atoms with E-state index in [1.165, 1.54) is 13.2 Å². The third-order valence-corrected chi connectivity index (χ3v) is 5.74. The second-order valence-electron chi connectivity index (χ2n) is 7.77. The van der Waals surface area contributed by atoms with Gasteiger partial charge in [-0.05, 0) is 38.0 Å². The monoisotopic (exact) mass is 491 g/mol. The fourth-order valence-corrected chi connectivity index (χ4v) is 4.30. The predicted molar refractivity (Wildman–Crippen MR) is 116 cm³/mol. The lowest BCUT2D eigenvalue weighted by atomic mass is 9.57. The number of methoxy groups -OCH3 is 1. The van der Waals surface area contributed by atoms with E-state index in [0.717, 1.165) is 24.6 Å². The van der Waals surface area contributed by atoms with Crippen molar-refractivity contribution in [2.24, 2.45) is 16.3 Å². The van der Waals surface area contributed by atoms with Crippen molar-refractivity contribution in [1.29, 1.82) is 0 Å². The number of fused-ring (bicyclic) bond motifs is 1. The first-order valence-electron chi connectivity index (χ1n) is 9.41. The van der Waals surface area contributed by atoms with Crippen molar-refractivity contribution < 1.29 is 13.9 Å². The van der Waals surface area contributed by atoms with Gasteiger partial charge in [0.05, 0.1) is 19.3 Å². The third-order valence-electron chi connectivity index (χ3n) is 5.74. The summed E-state index contributed by atoms with van der Waals surface area (Å²) in [5, 5.41) is 7.00. The summed E-state index contributed by atoms with van der Waals surface area (Å²) in [5.41, 5.74) is 0.927. The van der Waals surface area contributed by atoms with Gasteiger partial charge in [-0.3, -0.25) is 4.99 Å². The van der Waals surface area contributed by atoms with Gasteiger partial charge in [0.25, 0.3) is 0 Å². The number of aliphatic imine (C=N–C) groups is 1. The van der Waals surface area contributed by atoms with Crippen LogP contribution in [0.5, 0.6) is 5.75 Å². The van der Waals surface area contributed by atoms with Crippen LogP contribution in [0.25, 0.3) is 0 Å². The molecule has 1 aliphatic heterocycles. The Kier molecular flexibility index (Phi) is 7.35. The molecule has 1 aromatic rings. The molecule has 1 heterocycles. The van der Waals surface area contributed by atoms with Crippen molar-refractivity contribution in [2.75, 3.05) is 20.3 Å². The third kappa shape index (κ3) is 4.34. The van der Waals surface area contributed by atoms with Crippen LogP contribution in [0.3, 0.4) is 0 Å². The van der Waals surface area contributed by atoms with Gasteiger partial charge >= 0.3 is 0 Å². The SMILES string of the molecule is CCN=C(NC(C)c1ccc(OC)c(F)c1)NC1C2CCOC2C1(C)C.I. The van der Waals surface area contributed by atoms with Gasteiger partial charge in [-0.2, -0.15) is 0 Å². The molecule has 2 N–H and O–H groups in total. The second-order valence-corrected chi connectivity index (χ2v) is 7.77. The zero-order chi connectivity index (χ0) is 18.9. The summed E-state index contributed by atoms with van der Waals surface area (Å²) in [6.45, 7) is 10.0. The number of guanidine groups is 1. The predicted octanol–water partition coefficient (Wildman–Crippen LogP) is 3.88. The Labute approximate surface area is 178 Å². The van der Waals surface area contributed by atoms with Crippen LogP contribution in [0.4, 0.5) is 4.39 Å². The highest BCUT2D eigenvalue weighted by Gasteiger charge is 2.59. The summed E-state index contributed by atoms with van der Waals surface area (Å²) in [5.74, 6) is 1.19. The summed E-state index contributed by atoms with van der Waals surface area (Å²) in [6.07, 6.45) is 1.42. The van der Waals surface area contributed by atoms with Crippen LogP contribution in [0.1, 0.15) is 45.7 Å². The van der Waals surface area contributed by atoms with E-state index in [0.29, 0.717) is 24.6 Å². The average Bonchev–Trinajstić information content (AvgIpc) is 3.06. The van der Waals surface area contributed by atoms with Crippen LogP contribution in [-0.4, -0.2) is 38.4 Å². The Hall–Kier alpha value is -1.09. The smallest absolute Gasteiger partial charge is 0.191 e. The molecule has 0 amide bonds. The molecular weight excluding hydrogens is 460 g/mol. The second kappa shape index (κ2) is 8.94. The molecule has 3 rings (SSSR count). The molecule has 1 saturated heterocycles. The summed E-state index contributed by atoms with van der Waals surface area (Å²) in [7, 11) is 1.47. The van der Waals surface area contributed by atoms with Gasteiger partial charge in [-0.15, -0.1) is 24.0 Å². The van der Waals surface area contributed by atoms with E-state index in [1.807, 2.05) is 19.9 Å². The first-order valence-corrected chi connectivity index (χ1v) is 9.41. The van der Waals surface area contributed by atoms with E-state index in [2.05, 4.69) is 29.5 Å². The molecular formula is C20H31FIN3O2. The molecule has 0 radical (unpaired) electrons. The molecule has 2 aliphatic rings. The van der Waals surface area contributed by atoms with Crippen molar-refractivity contribution in [3.8, 4) is 5.75 Å². The highest BCUT2D eigenvalue weighted by molar-refractivity contribution is 14.0. The van der Waals surface area contributed by atoms with E-state index in [9.17, 15) is 4.39 Å². The van der Waals surface area contributed by atoms with Gasteiger partial charge in [-0.1, -0.05) is 19.9 Å². The van der Waals surface area contributed by atoms with Crippen molar-refractivity contribution in [3.63, 3.8) is 0 Å². The van der Waals surface area contributed by atoms with Crippen LogP contribution in [0.2, 0.25) is 0 Å². The molecule has 1 aromatic carbocycles. The van der Waals surface area contributed by atoms with Gasteiger partial charge in [0.1, 0.15) is 0 Å². The molecule has 0 aromatic heterocycles. The van der Waals surface area contributed by atoms with Crippen molar-refractivity contribution in [1.82, 2.24) is 10.6 Å². The fourth-order valence-electron chi connectivity index (χ4n) is 4.30. The maximum Gasteiger partial charge on any atom is 0.191 e. The molecule has 0 bridgehead atoms. The van der Waals surface area contributed by atoms with Crippen LogP contribution < -0.4 is 15.4 Å². The Bertz CT molecular complexity index is 683. The fraction of sp³-hybridized carbons (Fsp3) is 0.650. The zero-order valence-corrected chi connectivity index (χ0v) is 19.0. The minimum Gasteiger partial charge on any atom is -0.494 e. The minimum atomic E-state index is -0.355. The first kappa shape index (κ1) is 22.2. The molecule has 4 unspecified atom stereocenters. The summed E-state index contributed by atoms with van der Waals surface area (Å²) in [6, 6.07) is 5.29. The van der Waals surface area contributed by atoms with Crippen LogP contribution >= 0.6 is 24.0 Å². The van der Waals surface area contributed by atoms with Gasteiger partial charge < -0.3 is 20.1 Å². The topological polar surface area (TPSA) is 54.9 Å². The van der Waals surface area contributed by atoms with Crippen LogP contribution in [0, 0.1) is 17.2 Å². The maximum atomic E-state index is 14.0. The van der Waals surface area contributed by atoms with Gasteiger partial charge in [0.15, 0.2) is 17.5 Å². The first-order chi connectivity index (χ1) is 12.4. The zero-order valence-electron chi connectivity index (χ0n) is 16.7. The van der Waals surface area contributed by atoms with E-state index >= 15 is 0 Å². The Balaban J connectivity index is 0.00000261. The largest absolute Gasteiger partial charge is 0.494 e. The number of hydrogen-bond donors (Lipinski definition) is 2. The molecule has 27 heavy (non-hydrogen) atoms. The van der Waals surface area contributed by atoms with Crippen molar-refractivity contribution in [2.45, 2.75) is 52.3 Å². The van der Waals surface area contributed by atoms with Gasteiger partial charge in [0.2, 0.25) is 0 Å². The Morgan fingerprint density at radius 3 is 2.81 bits per heavy atom. The lowest BCUT2D eigenvalue weighted by molar-refractivity contribution is -0.106. The van der Waals surface area contributed by atoms with E-state index in [-0.39, 0.29) is 47.0 Å². The number of nitrogens with one attached hydrogen (secondary N) is 2. The van der Waals surface area contributed by atoms with E-state index < -0.39 is 0 Å². The average molecular weight is 491 g/mol. The number of halogens is 2. The van der Waals surface area contributed by atoms with Gasteiger partial charge in [-0.25, -0.2) is 4.39 Å². The van der Waals surface area contributed by atoms with E-state index in [4.69, 9.17) is 9.47 Å². The molecule has 152 valence electrons. The number of ether oxygens (including phenoxy) is 2. The lowest BCUT2D eigenvalue weighted by Gasteiger charge is -2.55. The highest BCUT2D eigenvalue weighted by atomic mass is 127. The highest BCUT2D eigenvalue weighted by Crippen LogP contribution is 2.52. The summed E-state index contributed by atoms with van der Waals surface area (Å²) < 4.78 is 24.9. The van der Waals surface area contributed by atoms with E-state index in [1.54, 1.807) is 6.07 Å². The van der Waals surface area contributed by atoms with Gasteiger partial charge in [0, 0.05) is 30.5 Å². The van der Waals surface area contributed by atoms with Crippen molar-refractivity contribution >= 4 is 29.9 Å². The molecule has 4 atom stereocenters. The number of hydrogen-bond acceptors (Lipinski definition) is 3. The minimum absolute atomic E-state index is 0. The molecule has 2 fully saturated rings. The molecule has 1 aliphatic carbocycles. The molecule has 5 nitrogen and oxygen atoms in total. The lowest BCUT2D eigenvalue weighted by Crippen LogP contribution is -2.68. The number of benzene rings is 1.